The van der Waals surface area contributed by atoms with Crippen molar-refractivity contribution in [3.05, 3.63) is 48.0 Å². The molecule has 6 heteroatoms. The van der Waals surface area contributed by atoms with Crippen molar-refractivity contribution in [2.24, 2.45) is 5.92 Å². The summed E-state index contributed by atoms with van der Waals surface area (Å²) in [5.74, 6) is -0.132. The highest BCUT2D eigenvalue weighted by molar-refractivity contribution is 5.81. The Morgan fingerprint density at radius 3 is 2.86 bits per heavy atom. The van der Waals surface area contributed by atoms with Crippen LogP contribution in [-0.4, -0.2) is 28.4 Å². The number of amides is 1. The molecule has 1 N–H and O–H groups in total. The number of carbonyl (C=O) groups is 1. The molecule has 1 aliphatic heterocycles. The Bertz CT molecular complexity index is 654. The Kier molecular flexibility index (Phi) is 4.20. The van der Waals surface area contributed by atoms with Gasteiger partial charge in [-0.3, -0.25) is 4.79 Å². The monoisotopic (exact) mass is 303 g/mol. The lowest BCUT2D eigenvalue weighted by atomic mass is 10.0. The van der Waals surface area contributed by atoms with Gasteiger partial charge in [-0.25, -0.2) is 9.07 Å². The van der Waals surface area contributed by atoms with Crippen molar-refractivity contribution in [1.82, 2.24) is 15.1 Å². The third kappa shape index (κ3) is 3.17. The van der Waals surface area contributed by atoms with Gasteiger partial charge >= 0.3 is 0 Å². The van der Waals surface area contributed by atoms with Crippen LogP contribution in [0, 0.1) is 11.7 Å². The number of hydrogen-bond acceptors (Lipinski definition) is 3. The van der Waals surface area contributed by atoms with Crippen molar-refractivity contribution in [2.75, 3.05) is 6.61 Å². The van der Waals surface area contributed by atoms with Crippen LogP contribution >= 0.6 is 0 Å². The Morgan fingerprint density at radius 2 is 2.18 bits per heavy atom. The first kappa shape index (κ1) is 14.7. The van der Waals surface area contributed by atoms with Crippen molar-refractivity contribution in [2.45, 2.75) is 26.0 Å². The average Bonchev–Trinajstić information content (AvgIpc) is 3.14. The molecule has 2 aromatic rings. The molecule has 1 aromatic heterocycles. The van der Waals surface area contributed by atoms with Crippen molar-refractivity contribution in [3.63, 3.8) is 0 Å². The molecule has 0 radical (unpaired) electrons. The molecule has 5 nitrogen and oxygen atoms in total. The van der Waals surface area contributed by atoms with Crippen molar-refractivity contribution in [3.8, 4) is 5.69 Å². The zero-order valence-corrected chi connectivity index (χ0v) is 12.3. The third-order valence-electron chi connectivity index (χ3n) is 3.83. The molecule has 3 rings (SSSR count). The van der Waals surface area contributed by atoms with Crippen LogP contribution in [0.15, 0.2) is 36.5 Å². The zero-order chi connectivity index (χ0) is 15.5. The quantitative estimate of drug-likeness (QED) is 0.940. The van der Waals surface area contributed by atoms with Gasteiger partial charge in [0.05, 0.1) is 17.9 Å². The number of rotatable bonds is 4. The fraction of sp³-hybridized carbons (Fsp3) is 0.375. The maximum atomic E-state index is 12.9. The van der Waals surface area contributed by atoms with E-state index in [1.165, 1.54) is 12.1 Å². The van der Waals surface area contributed by atoms with Gasteiger partial charge in [-0.15, -0.1) is 0 Å². The van der Waals surface area contributed by atoms with Crippen LogP contribution in [0.2, 0.25) is 0 Å². The van der Waals surface area contributed by atoms with Crippen LogP contribution in [0.3, 0.4) is 0 Å². The number of nitrogens with one attached hydrogen (secondary N) is 1. The number of aromatic nitrogens is 2. The number of halogens is 1. The molecule has 0 saturated carbocycles. The van der Waals surface area contributed by atoms with Gasteiger partial charge in [0.15, 0.2) is 0 Å². The molecule has 0 spiro atoms. The molecule has 1 saturated heterocycles. The molecular formula is C16H18FN3O2. The molecule has 22 heavy (non-hydrogen) atoms. The van der Waals surface area contributed by atoms with E-state index in [1.54, 1.807) is 23.0 Å². The molecule has 116 valence electrons. The molecule has 1 fully saturated rings. The van der Waals surface area contributed by atoms with Gasteiger partial charge in [0.25, 0.3) is 0 Å². The zero-order valence-electron chi connectivity index (χ0n) is 12.3. The van der Waals surface area contributed by atoms with E-state index in [0.717, 1.165) is 17.8 Å². The van der Waals surface area contributed by atoms with Crippen LogP contribution in [0.4, 0.5) is 4.39 Å². The summed E-state index contributed by atoms with van der Waals surface area (Å²) in [6.45, 7) is 3.00. The Hall–Kier alpha value is -2.21. The normalized spacial score (nSPS) is 21.0. The summed E-state index contributed by atoms with van der Waals surface area (Å²) in [6.07, 6.45) is 2.33. The highest BCUT2D eigenvalue weighted by Gasteiger charge is 2.30. The highest BCUT2D eigenvalue weighted by Crippen LogP contribution is 2.20. The lowest BCUT2D eigenvalue weighted by Crippen LogP contribution is -2.36. The second kappa shape index (κ2) is 6.27. The highest BCUT2D eigenvalue weighted by atomic mass is 19.1. The van der Waals surface area contributed by atoms with E-state index < -0.39 is 0 Å². The summed E-state index contributed by atoms with van der Waals surface area (Å²) in [5.41, 5.74) is 1.51. The van der Waals surface area contributed by atoms with E-state index >= 15 is 0 Å². The predicted octanol–water partition coefficient (Wildman–Crippen LogP) is 2.05. The predicted molar refractivity (Wildman–Crippen MR) is 78.9 cm³/mol. The minimum atomic E-state index is -0.362. The fourth-order valence-electron chi connectivity index (χ4n) is 2.50. The van der Waals surface area contributed by atoms with Gasteiger partial charge in [0.2, 0.25) is 5.91 Å². The van der Waals surface area contributed by atoms with Gasteiger partial charge < -0.3 is 10.1 Å². The maximum absolute atomic E-state index is 12.9. The van der Waals surface area contributed by atoms with Crippen molar-refractivity contribution >= 4 is 5.91 Å². The summed E-state index contributed by atoms with van der Waals surface area (Å²) in [7, 11) is 0. The first-order chi connectivity index (χ1) is 10.6. The molecular weight excluding hydrogens is 285 g/mol. The van der Waals surface area contributed by atoms with E-state index in [1.807, 2.05) is 13.0 Å². The molecule has 0 aliphatic carbocycles. The van der Waals surface area contributed by atoms with Crippen LogP contribution < -0.4 is 5.32 Å². The van der Waals surface area contributed by atoms with Crippen molar-refractivity contribution in [1.29, 1.82) is 0 Å². The van der Waals surface area contributed by atoms with Crippen LogP contribution in [-0.2, 0) is 16.1 Å². The molecule has 1 aliphatic rings. The first-order valence-corrected chi connectivity index (χ1v) is 7.33. The Labute approximate surface area is 128 Å². The molecule has 2 unspecified atom stereocenters. The Morgan fingerprint density at radius 1 is 1.41 bits per heavy atom. The van der Waals surface area contributed by atoms with Gasteiger partial charge in [-0.05, 0) is 42.7 Å². The van der Waals surface area contributed by atoms with Crippen LogP contribution in [0.25, 0.3) is 5.69 Å². The number of carbonyl (C=O) groups excluding carboxylic acids is 1. The van der Waals surface area contributed by atoms with E-state index in [-0.39, 0.29) is 23.7 Å². The maximum Gasteiger partial charge on any atom is 0.249 e. The molecule has 2 heterocycles. The minimum Gasteiger partial charge on any atom is -0.368 e. The largest absolute Gasteiger partial charge is 0.368 e. The molecule has 2 atom stereocenters. The summed E-state index contributed by atoms with van der Waals surface area (Å²) in [4.78, 5) is 12.0. The second-order valence-electron chi connectivity index (χ2n) is 5.50. The van der Waals surface area contributed by atoms with E-state index in [4.69, 9.17) is 4.74 Å². The third-order valence-corrected chi connectivity index (χ3v) is 3.83. The number of ether oxygens (including phenoxy) is 1. The second-order valence-corrected chi connectivity index (χ2v) is 5.50. The lowest BCUT2D eigenvalue weighted by Gasteiger charge is -2.13. The fourth-order valence-corrected chi connectivity index (χ4v) is 2.50. The molecule has 1 aromatic carbocycles. The van der Waals surface area contributed by atoms with E-state index in [2.05, 4.69) is 10.4 Å². The van der Waals surface area contributed by atoms with Crippen LogP contribution in [0.1, 0.15) is 19.0 Å². The summed E-state index contributed by atoms with van der Waals surface area (Å²) < 4.78 is 20.0. The van der Waals surface area contributed by atoms with E-state index in [9.17, 15) is 9.18 Å². The van der Waals surface area contributed by atoms with Crippen molar-refractivity contribution < 1.29 is 13.9 Å². The van der Waals surface area contributed by atoms with Gasteiger partial charge in [0, 0.05) is 12.8 Å². The number of hydrogen-bond donors (Lipinski definition) is 1. The number of benzene rings is 1. The summed E-state index contributed by atoms with van der Waals surface area (Å²) in [5, 5.41) is 7.21. The van der Waals surface area contributed by atoms with E-state index in [0.29, 0.717) is 13.2 Å². The topological polar surface area (TPSA) is 56.1 Å². The minimum absolute atomic E-state index is 0.0960. The van der Waals surface area contributed by atoms with Gasteiger partial charge in [0.1, 0.15) is 11.9 Å². The van der Waals surface area contributed by atoms with Gasteiger partial charge in [-0.1, -0.05) is 6.92 Å². The smallest absolute Gasteiger partial charge is 0.249 e. The standard InChI is InChI=1S/C16H18FN3O2/c1-11-7-9-22-15(11)16(21)18-10-13-6-8-20(19-13)14-4-2-12(17)3-5-14/h2-6,8,11,15H,7,9-10H2,1H3,(H,18,21). The SMILES string of the molecule is CC1CCOC1C(=O)NCc1ccn(-c2ccc(F)cc2)n1. The average molecular weight is 303 g/mol. The summed E-state index contributed by atoms with van der Waals surface area (Å²) >= 11 is 0. The Balaban J connectivity index is 1.60. The molecule has 1 amide bonds. The summed E-state index contributed by atoms with van der Waals surface area (Å²) in [6, 6.07) is 7.90. The molecule has 0 bridgehead atoms. The lowest BCUT2D eigenvalue weighted by molar-refractivity contribution is -0.131. The first-order valence-electron chi connectivity index (χ1n) is 7.33. The van der Waals surface area contributed by atoms with Crippen LogP contribution in [0.5, 0.6) is 0 Å². The van der Waals surface area contributed by atoms with Gasteiger partial charge in [-0.2, -0.15) is 5.10 Å². The number of nitrogens with zero attached hydrogens (tertiary/aromatic N) is 2.